The molecule has 1 saturated heterocycles. The highest BCUT2D eigenvalue weighted by molar-refractivity contribution is 7.98. The van der Waals surface area contributed by atoms with E-state index in [-0.39, 0.29) is 4.90 Å². The Kier molecular flexibility index (Phi) is 6.48. The maximum Gasteiger partial charge on any atom is 0.243 e. The van der Waals surface area contributed by atoms with Crippen LogP contribution in [-0.4, -0.2) is 50.7 Å². The van der Waals surface area contributed by atoms with Gasteiger partial charge in [0, 0.05) is 30.8 Å². The van der Waals surface area contributed by atoms with Crippen molar-refractivity contribution in [1.29, 1.82) is 0 Å². The Morgan fingerprint density at radius 1 is 1.00 bits per heavy atom. The number of rotatable bonds is 8. The van der Waals surface area contributed by atoms with Crippen molar-refractivity contribution in [3.8, 4) is 22.8 Å². The summed E-state index contributed by atoms with van der Waals surface area (Å²) >= 11 is 1.45. The van der Waals surface area contributed by atoms with E-state index >= 15 is 0 Å². The van der Waals surface area contributed by atoms with E-state index in [0.29, 0.717) is 53.6 Å². The van der Waals surface area contributed by atoms with Crippen LogP contribution in [0.5, 0.6) is 0 Å². The molecule has 1 aliphatic heterocycles. The van der Waals surface area contributed by atoms with Crippen LogP contribution in [0, 0.1) is 0 Å². The lowest BCUT2D eigenvalue weighted by Gasteiger charge is -2.16. The van der Waals surface area contributed by atoms with Gasteiger partial charge in [-0.25, -0.2) is 8.42 Å². The Labute approximate surface area is 202 Å². The molecule has 176 valence electrons. The molecule has 0 radical (unpaired) electrons. The minimum atomic E-state index is -3.51. The lowest BCUT2D eigenvalue weighted by molar-refractivity contribution is 0.391. The normalized spacial score (nSPS) is 14.6. The number of thioether (sulfide) groups is 1. The Bertz CT molecular complexity index is 1380. The van der Waals surface area contributed by atoms with Crippen molar-refractivity contribution >= 4 is 21.8 Å². The third kappa shape index (κ3) is 4.50. The number of benzene rings is 2. The summed E-state index contributed by atoms with van der Waals surface area (Å²) in [6.07, 6.45) is 1.80. The first-order valence-electron chi connectivity index (χ1n) is 11.1. The molecule has 0 bridgehead atoms. The molecule has 1 aliphatic rings. The molecule has 0 amide bonds. The van der Waals surface area contributed by atoms with Crippen LogP contribution in [0.2, 0.25) is 0 Å². The Morgan fingerprint density at radius 2 is 1.76 bits per heavy atom. The van der Waals surface area contributed by atoms with Crippen molar-refractivity contribution in [3.63, 3.8) is 0 Å². The van der Waals surface area contributed by atoms with Gasteiger partial charge in [-0.05, 0) is 31.9 Å². The first-order valence-corrected chi connectivity index (χ1v) is 13.5. The quantitative estimate of drug-likeness (QED) is 0.336. The second-order valence-corrected chi connectivity index (χ2v) is 10.7. The number of hydrogen-bond donors (Lipinski definition) is 0. The van der Waals surface area contributed by atoms with Gasteiger partial charge in [-0.2, -0.15) is 9.29 Å². The Hall–Kier alpha value is -3.02. The minimum absolute atomic E-state index is 0.283. The van der Waals surface area contributed by atoms with Crippen LogP contribution in [0.15, 0.2) is 69.2 Å². The topological polar surface area (TPSA) is 107 Å². The second-order valence-electron chi connectivity index (χ2n) is 7.86. The van der Waals surface area contributed by atoms with E-state index in [9.17, 15) is 8.42 Å². The first-order chi connectivity index (χ1) is 16.6. The highest BCUT2D eigenvalue weighted by Crippen LogP contribution is 2.29. The van der Waals surface area contributed by atoms with Crippen molar-refractivity contribution in [2.24, 2.45) is 0 Å². The molecular formula is C23H24N6O3S2. The molecule has 0 N–H and O–H groups in total. The highest BCUT2D eigenvalue weighted by atomic mass is 32.2. The molecule has 0 aliphatic carbocycles. The van der Waals surface area contributed by atoms with Crippen LogP contribution in [-0.2, 0) is 22.3 Å². The van der Waals surface area contributed by atoms with Gasteiger partial charge in [0.15, 0.2) is 11.0 Å². The SMILES string of the molecule is CCn1c(SCc2nc(-c3ccccc3)no2)nnc1-c1cccc(S(=O)(=O)N2CCCC2)c1. The van der Waals surface area contributed by atoms with E-state index in [1.54, 1.807) is 22.5 Å². The van der Waals surface area contributed by atoms with Crippen LogP contribution < -0.4 is 0 Å². The van der Waals surface area contributed by atoms with Crippen LogP contribution in [0.25, 0.3) is 22.8 Å². The van der Waals surface area contributed by atoms with Gasteiger partial charge in [0.2, 0.25) is 21.7 Å². The van der Waals surface area contributed by atoms with E-state index in [1.807, 2.05) is 47.9 Å². The highest BCUT2D eigenvalue weighted by Gasteiger charge is 2.27. The fourth-order valence-electron chi connectivity index (χ4n) is 3.91. The van der Waals surface area contributed by atoms with Gasteiger partial charge in [0.25, 0.3) is 0 Å². The molecule has 11 heteroatoms. The van der Waals surface area contributed by atoms with Crippen LogP contribution in [0.4, 0.5) is 0 Å². The van der Waals surface area contributed by atoms with Gasteiger partial charge in [-0.1, -0.05) is 59.4 Å². The largest absolute Gasteiger partial charge is 0.338 e. The zero-order valence-electron chi connectivity index (χ0n) is 18.7. The van der Waals surface area contributed by atoms with Crippen LogP contribution >= 0.6 is 11.8 Å². The molecule has 0 atom stereocenters. The molecule has 1 fully saturated rings. The van der Waals surface area contributed by atoms with Crippen molar-refractivity contribution in [1.82, 2.24) is 29.2 Å². The summed E-state index contributed by atoms with van der Waals surface area (Å²) in [5.41, 5.74) is 1.61. The standard InChI is InChI=1S/C23H24N6O3S2/c1-2-29-22(18-11-8-12-19(15-18)34(30,31)28-13-6-7-14-28)25-26-23(29)33-16-20-24-21(27-32-20)17-9-4-3-5-10-17/h3-5,8-12,15H,2,6-7,13-14,16H2,1H3. The number of sulfonamides is 1. The van der Waals surface area contributed by atoms with Crippen molar-refractivity contribution in [2.45, 2.75) is 42.1 Å². The smallest absolute Gasteiger partial charge is 0.243 e. The summed E-state index contributed by atoms with van der Waals surface area (Å²) in [4.78, 5) is 4.75. The average Bonchev–Trinajstić information content (AvgIpc) is 3.64. The number of aromatic nitrogens is 5. The van der Waals surface area contributed by atoms with Gasteiger partial charge < -0.3 is 9.09 Å². The van der Waals surface area contributed by atoms with Crippen LogP contribution in [0.1, 0.15) is 25.7 Å². The predicted octanol–water partition coefficient (Wildman–Crippen LogP) is 4.09. The third-order valence-electron chi connectivity index (χ3n) is 5.65. The number of hydrogen-bond acceptors (Lipinski definition) is 8. The monoisotopic (exact) mass is 496 g/mol. The molecular weight excluding hydrogens is 472 g/mol. The molecule has 0 saturated carbocycles. The number of nitrogens with zero attached hydrogens (tertiary/aromatic N) is 6. The molecule has 3 heterocycles. The molecule has 5 rings (SSSR count). The summed E-state index contributed by atoms with van der Waals surface area (Å²) in [6.45, 7) is 3.77. The molecule has 9 nitrogen and oxygen atoms in total. The maximum absolute atomic E-state index is 13.0. The molecule has 2 aromatic heterocycles. The van der Waals surface area contributed by atoms with Crippen LogP contribution in [0.3, 0.4) is 0 Å². The van der Waals surface area contributed by atoms with Gasteiger partial charge >= 0.3 is 0 Å². The summed E-state index contributed by atoms with van der Waals surface area (Å²) in [5.74, 6) is 2.11. The zero-order chi connectivity index (χ0) is 23.5. The fourth-order valence-corrected chi connectivity index (χ4v) is 6.31. The minimum Gasteiger partial charge on any atom is -0.338 e. The van der Waals surface area contributed by atoms with Crippen molar-refractivity contribution in [3.05, 3.63) is 60.5 Å². The second kappa shape index (κ2) is 9.69. The molecule has 0 spiro atoms. The predicted molar refractivity (Wildman–Crippen MR) is 128 cm³/mol. The van der Waals surface area contributed by atoms with Gasteiger partial charge in [0.1, 0.15) is 0 Å². The Balaban J connectivity index is 1.35. The van der Waals surface area contributed by atoms with Crippen molar-refractivity contribution in [2.75, 3.05) is 13.1 Å². The molecule has 2 aromatic carbocycles. The van der Waals surface area contributed by atoms with Gasteiger partial charge in [0.05, 0.1) is 10.6 Å². The lowest BCUT2D eigenvalue weighted by Crippen LogP contribution is -2.27. The van der Waals surface area contributed by atoms with Gasteiger partial charge in [-0.15, -0.1) is 10.2 Å². The lowest BCUT2D eigenvalue weighted by atomic mass is 10.2. The molecule has 0 unspecified atom stereocenters. The summed E-state index contributed by atoms with van der Waals surface area (Å²) in [7, 11) is -3.51. The zero-order valence-corrected chi connectivity index (χ0v) is 20.3. The Morgan fingerprint density at radius 3 is 2.53 bits per heavy atom. The molecule has 34 heavy (non-hydrogen) atoms. The summed E-state index contributed by atoms with van der Waals surface area (Å²) < 4.78 is 34.9. The summed E-state index contributed by atoms with van der Waals surface area (Å²) in [5, 5.41) is 13.5. The van der Waals surface area contributed by atoms with E-state index in [2.05, 4.69) is 20.3 Å². The van der Waals surface area contributed by atoms with Crippen molar-refractivity contribution < 1.29 is 12.9 Å². The van der Waals surface area contributed by atoms with E-state index < -0.39 is 10.0 Å². The average molecular weight is 497 g/mol. The summed E-state index contributed by atoms with van der Waals surface area (Å²) in [6, 6.07) is 16.6. The van der Waals surface area contributed by atoms with Gasteiger partial charge in [-0.3, -0.25) is 0 Å². The third-order valence-corrected chi connectivity index (χ3v) is 8.50. The molecule has 4 aromatic rings. The maximum atomic E-state index is 13.0. The van der Waals surface area contributed by atoms with E-state index in [0.717, 1.165) is 18.4 Å². The van der Waals surface area contributed by atoms with E-state index in [1.165, 1.54) is 11.8 Å². The first kappa shape index (κ1) is 22.8. The van der Waals surface area contributed by atoms with E-state index in [4.69, 9.17) is 4.52 Å². The fraction of sp³-hybridized carbons (Fsp3) is 0.304.